The van der Waals surface area contributed by atoms with Gasteiger partial charge in [0.1, 0.15) is 0 Å². The largest absolute Gasteiger partial charge is 1.00 e. The van der Waals surface area contributed by atoms with Crippen molar-refractivity contribution in [1.82, 2.24) is 0 Å². The maximum atomic E-state index is 8.52. The van der Waals surface area contributed by atoms with Crippen LogP contribution in [0.5, 0.6) is 0 Å². The van der Waals surface area contributed by atoms with Crippen LogP contribution in [0.3, 0.4) is 0 Å². The predicted octanol–water partition coefficient (Wildman–Crippen LogP) is 9.32. The maximum Gasteiger partial charge on any atom is 1.00 e. The molecule has 0 heterocycles. The summed E-state index contributed by atoms with van der Waals surface area (Å²) in [6.07, 6.45) is 58.0. The second-order valence-corrected chi connectivity index (χ2v) is 16.3. The molecule has 0 aliphatic heterocycles. The van der Waals surface area contributed by atoms with Crippen LogP contribution in [0.15, 0.2) is 0 Å². The van der Waals surface area contributed by atoms with E-state index in [1.165, 1.54) is 257 Å². The minimum atomic E-state index is -5.17. The second-order valence-electron chi connectivity index (χ2n) is 15.5. The number of unbranched alkanes of at least 4 members (excludes halogenated alkanes) is 38. The van der Waals surface area contributed by atoms with Gasteiger partial charge >= 0.3 is 103 Å². The van der Waals surface area contributed by atoms with Crippen LogP contribution < -0.4 is 103 Å². The smallest absolute Gasteiger partial charge is 0.759 e. The number of hydrogen-bond donors (Lipinski definition) is 0. The van der Waals surface area contributed by atoms with E-state index in [2.05, 4.69) is 13.8 Å². The van der Waals surface area contributed by atoms with Gasteiger partial charge in [-0.05, 0) is 12.8 Å². The number of rotatable bonds is 42. The zero-order valence-electron chi connectivity index (χ0n) is 36.1. The molecule has 0 saturated carbocycles. The molecule has 0 spiro atoms. The molecule has 0 rings (SSSR count). The van der Waals surface area contributed by atoms with E-state index in [0.717, 1.165) is 13.2 Å². The summed E-state index contributed by atoms with van der Waals surface area (Å²) in [5.41, 5.74) is 0. The molecule has 0 unspecified atom stereocenters. The van der Waals surface area contributed by atoms with Crippen LogP contribution >= 0.6 is 0 Å². The topological polar surface area (TPSA) is 89.5 Å². The molecule has 0 aliphatic rings. The summed E-state index contributed by atoms with van der Waals surface area (Å²) in [4.78, 5) is 0. The molecule has 52 heavy (non-hydrogen) atoms. The Morgan fingerprint density at radius 2 is 0.404 bits per heavy atom. The van der Waals surface area contributed by atoms with Crippen LogP contribution in [-0.2, 0) is 15.1 Å². The first-order valence-corrected chi connectivity index (χ1v) is 24.0. The van der Waals surface area contributed by atoms with Crippen LogP contribution in [0.1, 0.15) is 271 Å². The maximum absolute atomic E-state index is 8.52. The van der Waals surface area contributed by atoms with E-state index in [4.69, 9.17) is 22.3 Å². The van der Waals surface area contributed by atoms with Gasteiger partial charge in [-0.25, -0.2) is 0 Å². The summed E-state index contributed by atoms with van der Waals surface area (Å²) >= 11 is 0. The Bertz CT molecular complexity index is 646. The Kier molecular flexibility index (Phi) is 66.8. The molecule has 0 aromatic heterocycles. The van der Waals surface area contributed by atoms with Crippen molar-refractivity contribution in [2.45, 2.75) is 271 Å². The fourth-order valence-corrected chi connectivity index (χ4v) is 7.02. The van der Waals surface area contributed by atoms with Crippen LogP contribution in [0, 0.1) is 0 Å². The summed E-state index contributed by atoms with van der Waals surface area (Å²) in [7, 11) is -5.17. The van der Waals surface area contributed by atoms with E-state index in [9.17, 15) is 0 Å². The Morgan fingerprint density at radius 3 is 0.538 bits per heavy atom. The third-order valence-electron chi connectivity index (χ3n) is 10.3. The molecule has 0 aliphatic carbocycles. The van der Waals surface area contributed by atoms with Gasteiger partial charge in [0.15, 0.2) is 0 Å². The van der Waals surface area contributed by atoms with E-state index in [-0.39, 0.29) is 103 Å². The van der Waals surface area contributed by atoms with Crippen LogP contribution in [0.25, 0.3) is 0 Å². The summed E-state index contributed by atoms with van der Waals surface area (Å²) in [6, 6.07) is 0. The summed E-state index contributed by atoms with van der Waals surface area (Å²) < 4.78 is 40.0. The van der Waals surface area contributed by atoms with Gasteiger partial charge in [-0.15, -0.1) is 0 Å². The Morgan fingerprint density at radius 1 is 0.288 bits per heavy atom. The molecule has 0 N–H and O–H groups in total. The van der Waals surface area contributed by atoms with Gasteiger partial charge in [-0.1, -0.05) is 258 Å². The van der Waals surface area contributed by atoms with E-state index in [1.807, 2.05) is 0 Å². The second kappa shape index (κ2) is 56.2. The standard InChI is InChI=1S/C44H90O.2K.H2O4S/c1-3-5-7-9-11-13-15-17-19-21-23-25-27-29-31-33-35-37-39-41-43-45-44-42-40-38-36-34-32-30-28-26-24-22-20-18-16-14-12-10-8-6-4-2;;;1-5(2,3)4/h3-44H2,1-2H3;;;(H2,1,2,3,4)/q;2*+1;/p-2. The molecule has 0 bridgehead atoms. The molecule has 0 amide bonds. The van der Waals surface area contributed by atoms with Crippen molar-refractivity contribution in [2.24, 2.45) is 0 Å². The molecule has 0 aromatic carbocycles. The minimum Gasteiger partial charge on any atom is -0.759 e. The monoisotopic (exact) mass is 809 g/mol. The Labute approximate surface area is 413 Å². The molecule has 0 aromatic rings. The average molecular weight is 809 g/mol. The van der Waals surface area contributed by atoms with Crippen LogP contribution in [0.4, 0.5) is 0 Å². The Balaban J connectivity index is -0.00000153. The van der Waals surface area contributed by atoms with Crippen molar-refractivity contribution in [3.8, 4) is 0 Å². The van der Waals surface area contributed by atoms with Crippen LogP contribution in [-0.4, -0.2) is 30.7 Å². The predicted molar refractivity (Wildman–Crippen MR) is 217 cm³/mol. The fraction of sp³-hybridized carbons (Fsp3) is 1.00. The van der Waals surface area contributed by atoms with Gasteiger partial charge < -0.3 is 13.8 Å². The van der Waals surface area contributed by atoms with E-state index in [1.54, 1.807) is 0 Å². The molecule has 0 fully saturated rings. The molecular formula is C44H90K2O5S. The SMILES string of the molecule is CCCCCCCCCCCCCCCCCCCCCCOCCCCCCCCCCCCCCCCCCCCCC.O=S(=O)([O-])[O-].[K+].[K+]. The van der Waals surface area contributed by atoms with E-state index >= 15 is 0 Å². The summed E-state index contributed by atoms with van der Waals surface area (Å²) in [6.45, 7) is 6.61. The van der Waals surface area contributed by atoms with Gasteiger partial charge in [-0.3, -0.25) is 8.42 Å². The van der Waals surface area contributed by atoms with Gasteiger partial charge in [0.2, 0.25) is 0 Å². The zero-order valence-corrected chi connectivity index (χ0v) is 43.2. The third-order valence-corrected chi connectivity index (χ3v) is 10.3. The number of hydrogen-bond acceptors (Lipinski definition) is 5. The van der Waals surface area contributed by atoms with Gasteiger partial charge in [0.25, 0.3) is 0 Å². The van der Waals surface area contributed by atoms with E-state index < -0.39 is 10.4 Å². The van der Waals surface area contributed by atoms with Crippen molar-refractivity contribution in [1.29, 1.82) is 0 Å². The quantitative estimate of drug-likeness (QED) is 0.0266. The molecule has 8 heteroatoms. The van der Waals surface area contributed by atoms with Crippen molar-refractivity contribution in [2.75, 3.05) is 13.2 Å². The van der Waals surface area contributed by atoms with Crippen molar-refractivity contribution in [3.05, 3.63) is 0 Å². The summed E-state index contributed by atoms with van der Waals surface area (Å²) in [5, 5.41) is 0. The van der Waals surface area contributed by atoms with Crippen LogP contribution in [0.2, 0.25) is 0 Å². The normalized spacial score (nSPS) is 11.2. The number of ether oxygens (including phenoxy) is 1. The molecule has 0 saturated heterocycles. The van der Waals surface area contributed by atoms with Crippen molar-refractivity contribution < 1.29 is 125 Å². The molecular weight excluding hydrogens is 719 g/mol. The molecule has 5 nitrogen and oxygen atoms in total. The van der Waals surface area contributed by atoms with Crippen molar-refractivity contribution in [3.63, 3.8) is 0 Å². The van der Waals surface area contributed by atoms with E-state index in [0.29, 0.717) is 0 Å². The third kappa shape index (κ3) is 70.9. The van der Waals surface area contributed by atoms with Crippen molar-refractivity contribution >= 4 is 10.4 Å². The summed E-state index contributed by atoms with van der Waals surface area (Å²) in [5.74, 6) is 0. The molecule has 0 atom stereocenters. The first-order chi connectivity index (χ1) is 24.4. The first kappa shape index (κ1) is 61.8. The van der Waals surface area contributed by atoms with Gasteiger partial charge in [0.05, 0.1) is 0 Å². The first-order valence-electron chi connectivity index (χ1n) is 22.7. The zero-order chi connectivity index (χ0) is 36.9. The average Bonchev–Trinajstić information content (AvgIpc) is 3.08. The minimum absolute atomic E-state index is 0. The van der Waals surface area contributed by atoms with Gasteiger partial charge in [-0.2, -0.15) is 0 Å². The fourth-order valence-electron chi connectivity index (χ4n) is 7.02. The van der Waals surface area contributed by atoms with Gasteiger partial charge in [0, 0.05) is 23.6 Å². The molecule has 0 radical (unpaired) electrons. The Hall–Kier alpha value is 3.10. The molecule has 304 valence electrons.